The smallest absolute Gasteiger partial charge is 0.407 e. The Labute approximate surface area is 200 Å². The lowest BCUT2D eigenvalue weighted by molar-refractivity contribution is -0.125. The second-order valence-corrected chi connectivity index (χ2v) is 7.92. The third-order valence-corrected chi connectivity index (χ3v) is 5.83. The summed E-state index contributed by atoms with van der Waals surface area (Å²) in [5, 5.41) is 13.7. The average molecular weight is 478 g/mol. The van der Waals surface area contributed by atoms with Gasteiger partial charge in [0.1, 0.15) is 12.4 Å². The Hall–Kier alpha value is -4.24. The van der Waals surface area contributed by atoms with E-state index in [9.17, 15) is 18.8 Å². The van der Waals surface area contributed by atoms with E-state index in [2.05, 4.69) is 10.6 Å². The number of methoxy groups -OCH3 is 1. The fourth-order valence-corrected chi connectivity index (χ4v) is 4.07. The minimum Gasteiger partial charge on any atom is -0.478 e. The lowest BCUT2D eigenvalue weighted by atomic mass is 9.98. The van der Waals surface area contributed by atoms with E-state index < -0.39 is 29.9 Å². The maximum absolute atomic E-state index is 14.1. The van der Waals surface area contributed by atoms with E-state index in [1.54, 1.807) is 0 Å². The Morgan fingerprint density at radius 2 is 1.63 bits per heavy atom. The van der Waals surface area contributed by atoms with Gasteiger partial charge in [-0.2, -0.15) is 0 Å². The van der Waals surface area contributed by atoms with Crippen LogP contribution in [0.15, 0.2) is 66.7 Å². The van der Waals surface area contributed by atoms with Gasteiger partial charge >= 0.3 is 12.1 Å². The Morgan fingerprint density at radius 1 is 1.00 bits per heavy atom. The van der Waals surface area contributed by atoms with Crippen LogP contribution in [-0.2, 0) is 14.3 Å². The van der Waals surface area contributed by atoms with E-state index in [0.717, 1.165) is 40.5 Å². The summed E-state index contributed by atoms with van der Waals surface area (Å²) in [6, 6.07) is 19.0. The molecule has 4 rings (SSSR count). The summed E-state index contributed by atoms with van der Waals surface area (Å²) in [7, 11) is 1.27. The van der Waals surface area contributed by atoms with Gasteiger partial charge < -0.3 is 25.2 Å². The van der Waals surface area contributed by atoms with Crippen molar-refractivity contribution in [3.8, 4) is 11.1 Å². The highest BCUT2D eigenvalue weighted by Gasteiger charge is 2.29. The number of carboxylic acid groups (broad SMARTS) is 1. The molecule has 0 heterocycles. The molecule has 0 saturated heterocycles. The lowest BCUT2D eigenvalue weighted by Crippen LogP contribution is -2.41. The van der Waals surface area contributed by atoms with Gasteiger partial charge in [0.15, 0.2) is 6.10 Å². The third-order valence-electron chi connectivity index (χ3n) is 5.83. The number of amides is 2. The van der Waals surface area contributed by atoms with Crippen molar-refractivity contribution in [3.05, 3.63) is 89.2 Å². The third kappa shape index (κ3) is 5.15. The summed E-state index contributed by atoms with van der Waals surface area (Å²) < 4.78 is 24.6. The Morgan fingerprint density at radius 3 is 2.20 bits per heavy atom. The quantitative estimate of drug-likeness (QED) is 0.451. The molecule has 2 amide bonds. The maximum Gasteiger partial charge on any atom is 0.407 e. The van der Waals surface area contributed by atoms with Gasteiger partial charge in [0.2, 0.25) is 0 Å². The fraction of sp³-hybridized carbons (Fsp3) is 0.192. The number of aromatic carboxylic acids is 1. The predicted molar refractivity (Wildman–Crippen MR) is 126 cm³/mol. The van der Waals surface area contributed by atoms with E-state index in [-0.39, 0.29) is 30.3 Å². The number of alkyl carbamates (subject to hydrolysis) is 1. The Balaban J connectivity index is 1.33. The van der Waals surface area contributed by atoms with E-state index in [1.807, 2.05) is 48.5 Å². The number of hydrogen-bond acceptors (Lipinski definition) is 5. The molecule has 1 atom stereocenters. The minimum absolute atomic E-state index is 0.105. The second-order valence-electron chi connectivity index (χ2n) is 7.92. The lowest BCUT2D eigenvalue weighted by Gasteiger charge is -2.18. The van der Waals surface area contributed by atoms with Crippen LogP contribution in [0.25, 0.3) is 11.1 Å². The number of benzene rings is 3. The molecule has 0 aliphatic heterocycles. The first-order valence-corrected chi connectivity index (χ1v) is 10.8. The zero-order valence-electron chi connectivity index (χ0n) is 18.8. The molecule has 3 aromatic rings. The highest BCUT2D eigenvalue weighted by atomic mass is 19.1. The highest BCUT2D eigenvalue weighted by molar-refractivity contribution is 5.95. The van der Waals surface area contributed by atoms with Crippen molar-refractivity contribution in [2.75, 3.05) is 25.6 Å². The topological polar surface area (TPSA) is 114 Å². The Kier molecular flexibility index (Phi) is 7.07. The van der Waals surface area contributed by atoms with Crippen molar-refractivity contribution in [1.82, 2.24) is 5.32 Å². The van der Waals surface area contributed by atoms with Crippen LogP contribution in [0.1, 0.15) is 27.4 Å². The molecule has 0 fully saturated rings. The largest absolute Gasteiger partial charge is 0.478 e. The summed E-state index contributed by atoms with van der Waals surface area (Å²) in [5.74, 6) is -3.01. The van der Waals surface area contributed by atoms with Gasteiger partial charge in [-0.3, -0.25) is 4.79 Å². The number of rotatable bonds is 8. The van der Waals surface area contributed by atoms with Crippen LogP contribution in [0.3, 0.4) is 0 Å². The molecule has 0 radical (unpaired) electrons. The number of carboxylic acids is 1. The first-order chi connectivity index (χ1) is 16.9. The molecule has 0 spiro atoms. The Bertz CT molecular complexity index is 1230. The predicted octanol–water partition coefficient (Wildman–Crippen LogP) is 4.02. The minimum atomic E-state index is -1.29. The van der Waals surface area contributed by atoms with Crippen molar-refractivity contribution in [1.29, 1.82) is 0 Å². The van der Waals surface area contributed by atoms with Crippen molar-refractivity contribution >= 4 is 23.7 Å². The van der Waals surface area contributed by atoms with Crippen molar-refractivity contribution < 1.29 is 33.4 Å². The van der Waals surface area contributed by atoms with Crippen molar-refractivity contribution in [2.24, 2.45) is 0 Å². The van der Waals surface area contributed by atoms with Crippen LogP contribution >= 0.6 is 0 Å². The molecule has 1 aliphatic carbocycles. The van der Waals surface area contributed by atoms with Gasteiger partial charge in [-0.15, -0.1) is 0 Å². The molecule has 35 heavy (non-hydrogen) atoms. The van der Waals surface area contributed by atoms with Gasteiger partial charge in [0, 0.05) is 13.0 Å². The van der Waals surface area contributed by atoms with Gasteiger partial charge in [-0.25, -0.2) is 14.0 Å². The standard InChI is InChI=1S/C26H23FN2O6/c1-34-23(24(30)29-22-11-10-15(25(31)32)12-21(22)27)13-28-26(33)35-14-20-18-8-4-2-6-16(18)17-7-3-5-9-19(17)20/h2-12,20,23H,13-14H2,1H3,(H,28,33)(H,29,30)(H,31,32). The van der Waals surface area contributed by atoms with Gasteiger partial charge in [0.05, 0.1) is 17.8 Å². The molecule has 3 aromatic carbocycles. The molecule has 3 N–H and O–H groups in total. The molecule has 1 unspecified atom stereocenters. The SMILES string of the molecule is COC(CNC(=O)OCC1c2ccccc2-c2ccccc21)C(=O)Nc1ccc(C(=O)O)cc1F. The van der Waals surface area contributed by atoms with E-state index in [4.69, 9.17) is 14.6 Å². The number of ether oxygens (including phenoxy) is 2. The van der Waals surface area contributed by atoms with Crippen LogP contribution in [0.2, 0.25) is 0 Å². The number of fused-ring (bicyclic) bond motifs is 3. The van der Waals surface area contributed by atoms with Crippen LogP contribution in [-0.4, -0.2) is 49.4 Å². The summed E-state index contributed by atoms with van der Waals surface area (Å²) in [4.78, 5) is 35.7. The molecule has 0 saturated carbocycles. The summed E-state index contributed by atoms with van der Waals surface area (Å²) >= 11 is 0. The highest BCUT2D eigenvalue weighted by Crippen LogP contribution is 2.44. The van der Waals surface area contributed by atoms with E-state index in [1.165, 1.54) is 7.11 Å². The summed E-state index contributed by atoms with van der Waals surface area (Å²) in [6.45, 7) is -0.0985. The zero-order valence-corrected chi connectivity index (χ0v) is 18.8. The van der Waals surface area contributed by atoms with Crippen LogP contribution < -0.4 is 10.6 Å². The fourth-order valence-electron chi connectivity index (χ4n) is 4.07. The number of carbonyl (C=O) groups excluding carboxylic acids is 2. The number of carbonyl (C=O) groups is 3. The maximum atomic E-state index is 14.1. The summed E-state index contributed by atoms with van der Waals surface area (Å²) in [6.07, 6.45) is -1.85. The second kappa shape index (κ2) is 10.4. The molecule has 180 valence electrons. The monoisotopic (exact) mass is 478 g/mol. The number of nitrogens with one attached hydrogen (secondary N) is 2. The van der Waals surface area contributed by atoms with Crippen molar-refractivity contribution in [3.63, 3.8) is 0 Å². The molecular weight excluding hydrogens is 455 g/mol. The van der Waals surface area contributed by atoms with Crippen molar-refractivity contribution in [2.45, 2.75) is 12.0 Å². The number of anilines is 1. The first-order valence-electron chi connectivity index (χ1n) is 10.8. The van der Waals surface area contributed by atoms with E-state index >= 15 is 0 Å². The molecule has 1 aliphatic rings. The molecule has 8 nitrogen and oxygen atoms in total. The molecular formula is C26H23FN2O6. The van der Waals surface area contributed by atoms with Gasteiger partial charge in [-0.1, -0.05) is 48.5 Å². The number of hydrogen-bond donors (Lipinski definition) is 3. The van der Waals surface area contributed by atoms with E-state index in [0.29, 0.717) is 0 Å². The van der Waals surface area contributed by atoms with Gasteiger partial charge in [-0.05, 0) is 40.5 Å². The zero-order chi connectivity index (χ0) is 24.9. The number of halogens is 1. The molecule has 9 heteroatoms. The van der Waals surface area contributed by atoms with Crippen LogP contribution in [0.5, 0.6) is 0 Å². The normalized spacial score (nSPS) is 12.9. The first kappa shape index (κ1) is 23.9. The summed E-state index contributed by atoms with van der Waals surface area (Å²) in [5.41, 5.74) is 3.91. The average Bonchev–Trinajstić information content (AvgIpc) is 3.18. The van der Waals surface area contributed by atoms with Crippen LogP contribution in [0.4, 0.5) is 14.9 Å². The molecule has 0 bridgehead atoms. The van der Waals surface area contributed by atoms with Gasteiger partial charge in [0.25, 0.3) is 5.91 Å². The van der Waals surface area contributed by atoms with Crippen LogP contribution in [0, 0.1) is 5.82 Å². The molecule has 0 aromatic heterocycles.